The van der Waals surface area contributed by atoms with Gasteiger partial charge in [-0.15, -0.1) is 11.3 Å². The first-order valence-corrected chi connectivity index (χ1v) is 7.69. The van der Waals surface area contributed by atoms with Crippen LogP contribution in [-0.2, 0) is 6.54 Å². The second-order valence-electron chi connectivity index (χ2n) is 4.49. The van der Waals surface area contributed by atoms with Crippen molar-refractivity contribution in [1.82, 2.24) is 20.1 Å². The molecule has 0 saturated carbocycles. The van der Waals surface area contributed by atoms with Gasteiger partial charge in [-0.3, -0.25) is 4.90 Å². The lowest BCUT2D eigenvalue weighted by molar-refractivity contribution is 0.290. The van der Waals surface area contributed by atoms with E-state index in [-0.39, 0.29) is 0 Å². The molecule has 0 unspecified atom stereocenters. The van der Waals surface area contributed by atoms with Crippen LogP contribution in [0.25, 0.3) is 0 Å². The monoisotopic (exact) mass is 270 g/mol. The molecule has 18 heavy (non-hydrogen) atoms. The molecule has 0 amide bonds. The molecule has 5 heteroatoms. The molecule has 1 aromatic rings. The molecular weight excluding hydrogens is 244 g/mol. The van der Waals surface area contributed by atoms with Crippen LogP contribution in [0, 0.1) is 0 Å². The highest BCUT2D eigenvalue weighted by atomic mass is 32.1. The molecule has 104 valence electrons. The molecular formula is C13H26N4S. The van der Waals surface area contributed by atoms with E-state index in [2.05, 4.69) is 46.4 Å². The van der Waals surface area contributed by atoms with Gasteiger partial charge in [-0.25, -0.2) is 4.98 Å². The lowest BCUT2D eigenvalue weighted by atomic mass is 10.4. The summed E-state index contributed by atoms with van der Waals surface area (Å²) in [5, 5.41) is 5.61. The van der Waals surface area contributed by atoms with E-state index >= 15 is 0 Å². The Balaban J connectivity index is 2.00. The second kappa shape index (κ2) is 9.44. The van der Waals surface area contributed by atoms with Gasteiger partial charge in [0.15, 0.2) is 0 Å². The molecule has 4 nitrogen and oxygen atoms in total. The van der Waals surface area contributed by atoms with Crippen molar-refractivity contribution in [2.75, 3.05) is 46.3 Å². The van der Waals surface area contributed by atoms with Crippen LogP contribution in [-0.4, -0.2) is 61.1 Å². The van der Waals surface area contributed by atoms with Gasteiger partial charge in [-0.2, -0.15) is 0 Å². The van der Waals surface area contributed by atoms with E-state index in [4.69, 9.17) is 0 Å². The highest BCUT2D eigenvalue weighted by Gasteiger charge is 2.02. The highest BCUT2D eigenvalue weighted by molar-refractivity contribution is 7.07. The smallest absolute Gasteiger partial charge is 0.0795 e. The third kappa shape index (κ3) is 6.44. The molecule has 0 spiro atoms. The molecule has 0 aromatic carbocycles. The summed E-state index contributed by atoms with van der Waals surface area (Å²) < 4.78 is 0. The van der Waals surface area contributed by atoms with Crippen molar-refractivity contribution in [1.29, 1.82) is 0 Å². The van der Waals surface area contributed by atoms with Gasteiger partial charge in [-0.1, -0.05) is 13.8 Å². The Morgan fingerprint density at radius 2 is 1.94 bits per heavy atom. The molecule has 0 fully saturated rings. The van der Waals surface area contributed by atoms with Crippen LogP contribution in [0.1, 0.15) is 19.5 Å². The predicted octanol–water partition coefficient (Wildman–Crippen LogP) is 1.51. The van der Waals surface area contributed by atoms with E-state index in [9.17, 15) is 0 Å². The van der Waals surface area contributed by atoms with Crippen LogP contribution in [0.3, 0.4) is 0 Å². The Morgan fingerprint density at radius 1 is 1.22 bits per heavy atom. The number of aromatic nitrogens is 1. The molecule has 0 aliphatic heterocycles. The number of nitrogens with zero attached hydrogens (tertiary/aromatic N) is 3. The second-order valence-corrected chi connectivity index (χ2v) is 5.21. The maximum absolute atomic E-state index is 4.30. The van der Waals surface area contributed by atoms with E-state index < -0.39 is 0 Å². The van der Waals surface area contributed by atoms with Crippen LogP contribution in [0.2, 0.25) is 0 Å². The van der Waals surface area contributed by atoms with Crippen molar-refractivity contribution in [2.24, 2.45) is 0 Å². The highest BCUT2D eigenvalue weighted by Crippen LogP contribution is 2.03. The summed E-state index contributed by atoms with van der Waals surface area (Å²) in [5.41, 5.74) is 3.07. The third-order valence-corrected chi connectivity index (χ3v) is 3.72. The third-order valence-electron chi connectivity index (χ3n) is 3.08. The topological polar surface area (TPSA) is 31.4 Å². The first-order valence-electron chi connectivity index (χ1n) is 6.75. The molecule has 1 heterocycles. The normalized spacial score (nSPS) is 11.6. The first kappa shape index (κ1) is 15.6. The lowest BCUT2D eigenvalue weighted by Crippen LogP contribution is -2.35. The zero-order valence-corrected chi connectivity index (χ0v) is 12.7. The van der Waals surface area contributed by atoms with Crippen molar-refractivity contribution >= 4 is 11.3 Å². The Kier molecular flexibility index (Phi) is 8.17. The van der Waals surface area contributed by atoms with Crippen molar-refractivity contribution < 1.29 is 0 Å². The maximum Gasteiger partial charge on any atom is 0.0795 e. The Morgan fingerprint density at radius 3 is 2.56 bits per heavy atom. The summed E-state index contributed by atoms with van der Waals surface area (Å²) in [5.74, 6) is 0. The molecule has 0 aliphatic rings. The van der Waals surface area contributed by atoms with Crippen molar-refractivity contribution in [3.05, 3.63) is 16.6 Å². The average molecular weight is 270 g/mol. The SMILES string of the molecule is CCN(CC)CCNCCN(C)Cc1cscn1. The molecule has 1 N–H and O–H groups in total. The minimum atomic E-state index is 0.946. The minimum Gasteiger partial charge on any atom is -0.314 e. The number of nitrogens with one attached hydrogen (secondary N) is 1. The average Bonchev–Trinajstić information content (AvgIpc) is 2.86. The summed E-state index contributed by atoms with van der Waals surface area (Å²) in [6.07, 6.45) is 0. The summed E-state index contributed by atoms with van der Waals surface area (Å²) in [6.45, 7) is 12.0. The van der Waals surface area contributed by atoms with Gasteiger partial charge < -0.3 is 10.2 Å². The van der Waals surface area contributed by atoms with E-state index in [0.717, 1.165) is 45.8 Å². The van der Waals surface area contributed by atoms with E-state index in [1.165, 1.54) is 5.69 Å². The fourth-order valence-corrected chi connectivity index (χ4v) is 2.39. The minimum absolute atomic E-state index is 0.946. The van der Waals surface area contributed by atoms with Gasteiger partial charge >= 0.3 is 0 Å². The van der Waals surface area contributed by atoms with E-state index in [1.807, 2.05) is 5.51 Å². The van der Waals surface area contributed by atoms with Gasteiger partial charge in [0.2, 0.25) is 0 Å². The lowest BCUT2D eigenvalue weighted by Gasteiger charge is -2.19. The summed E-state index contributed by atoms with van der Waals surface area (Å²) in [4.78, 5) is 9.04. The number of hydrogen-bond acceptors (Lipinski definition) is 5. The molecule has 1 aromatic heterocycles. The summed E-state index contributed by atoms with van der Waals surface area (Å²) in [7, 11) is 2.14. The van der Waals surface area contributed by atoms with Gasteiger partial charge in [0.05, 0.1) is 11.2 Å². The maximum atomic E-state index is 4.30. The number of hydrogen-bond donors (Lipinski definition) is 1. The van der Waals surface area contributed by atoms with Crippen LogP contribution < -0.4 is 5.32 Å². The fourth-order valence-electron chi connectivity index (χ4n) is 1.84. The summed E-state index contributed by atoms with van der Waals surface area (Å²) >= 11 is 1.66. The van der Waals surface area contributed by atoms with E-state index in [1.54, 1.807) is 11.3 Å². The Labute approximate surface area is 115 Å². The van der Waals surface area contributed by atoms with Gasteiger partial charge in [-0.05, 0) is 20.1 Å². The van der Waals surface area contributed by atoms with Crippen LogP contribution >= 0.6 is 11.3 Å². The van der Waals surface area contributed by atoms with Crippen LogP contribution in [0.4, 0.5) is 0 Å². The molecule has 0 radical (unpaired) electrons. The van der Waals surface area contributed by atoms with Crippen LogP contribution in [0.5, 0.6) is 0 Å². The largest absolute Gasteiger partial charge is 0.314 e. The van der Waals surface area contributed by atoms with Gasteiger partial charge in [0, 0.05) is 38.1 Å². The van der Waals surface area contributed by atoms with Crippen molar-refractivity contribution in [3.63, 3.8) is 0 Å². The molecule has 0 bridgehead atoms. The Bertz CT molecular complexity index is 285. The molecule has 0 aliphatic carbocycles. The number of rotatable bonds is 10. The van der Waals surface area contributed by atoms with Gasteiger partial charge in [0.25, 0.3) is 0 Å². The molecule has 0 atom stereocenters. The van der Waals surface area contributed by atoms with Crippen molar-refractivity contribution in [2.45, 2.75) is 20.4 Å². The first-order chi connectivity index (χ1) is 8.76. The number of thiazole rings is 1. The quantitative estimate of drug-likeness (QED) is 0.653. The fraction of sp³-hybridized carbons (Fsp3) is 0.769. The number of likely N-dealkylation sites (N-methyl/N-ethyl adjacent to an activating group) is 2. The van der Waals surface area contributed by atoms with Crippen LogP contribution in [0.15, 0.2) is 10.9 Å². The van der Waals surface area contributed by atoms with Crippen molar-refractivity contribution in [3.8, 4) is 0 Å². The zero-order valence-electron chi connectivity index (χ0n) is 11.9. The van der Waals surface area contributed by atoms with E-state index in [0.29, 0.717) is 0 Å². The summed E-state index contributed by atoms with van der Waals surface area (Å²) in [6, 6.07) is 0. The molecule has 0 saturated heterocycles. The zero-order chi connectivity index (χ0) is 13.2. The Hall–Kier alpha value is -0.490. The molecule has 1 rings (SSSR count). The predicted molar refractivity (Wildman–Crippen MR) is 79.1 cm³/mol. The standard InChI is InChI=1S/C13H26N4S/c1-4-17(5-2)9-7-14-6-8-16(3)10-13-11-18-12-15-13/h11-12,14H,4-10H2,1-3H3. The van der Waals surface area contributed by atoms with Gasteiger partial charge in [0.1, 0.15) is 0 Å².